The number of rotatable bonds is 6. The highest BCUT2D eigenvalue weighted by Crippen LogP contribution is 2.26. The monoisotopic (exact) mass is 372 g/mol. The van der Waals surface area contributed by atoms with Crippen molar-refractivity contribution in [1.29, 1.82) is 0 Å². The Balaban J connectivity index is 1.58. The molecule has 136 valence electrons. The molecule has 0 spiro atoms. The fourth-order valence-corrected chi connectivity index (χ4v) is 3.74. The summed E-state index contributed by atoms with van der Waals surface area (Å²) in [6.07, 6.45) is 1.12. The van der Waals surface area contributed by atoms with Crippen LogP contribution in [0.2, 0.25) is 0 Å². The van der Waals surface area contributed by atoms with Crippen LogP contribution in [-0.2, 0) is 22.6 Å². The lowest BCUT2D eigenvalue weighted by molar-refractivity contribution is -0.126. The van der Waals surface area contributed by atoms with Crippen LogP contribution in [0.4, 0.5) is 5.69 Å². The number of amides is 2. The maximum absolute atomic E-state index is 12.4. The van der Waals surface area contributed by atoms with Gasteiger partial charge in [0.1, 0.15) is 4.88 Å². The Morgan fingerprint density at radius 1 is 1.23 bits per heavy atom. The summed E-state index contributed by atoms with van der Waals surface area (Å²) in [6.45, 7) is 2.71. The van der Waals surface area contributed by atoms with E-state index < -0.39 is 11.9 Å². The van der Waals surface area contributed by atoms with Gasteiger partial charge in [0.25, 0.3) is 0 Å². The Morgan fingerprint density at radius 2 is 1.96 bits per heavy atom. The third kappa shape index (κ3) is 3.94. The third-order valence-corrected chi connectivity index (χ3v) is 5.53. The molecule has 6 nitrogen and oxygen atoms in total. The number of carboxylic acids is 1. The fraction of sp³-hybridized carbons (Fsp3) is 0.316. The molecule has 1 aliphatic heterocycles. The molecule has 2 N–H and O–H groups in total. The predicted octanol–water partition coefficient (Wildman–Crippen LogP) is 2.68. The van der Waals surface area contributed by atoms with Gasteiger partial charge >= 0.3 is 5.97 Å². The Bertz CT molecular complexity index is 828. The SMILES string of the molecule is CCc1ccc(N2CC(C(=O)NCc3ccc(C(=O)O)s3)CC2=O)cc1. The van der Waals surface area contributed by atoms with Crippen LogP contribution >= 0.6 is 11.3 Å². The van der Waals surface area contributed by atoms with Gasteiger partial charge in [-0.1, -0.05) is 19.1 Å². The van der Waals surface area contributed by atoms with Crippen LogP contribution in [0.15, 0.2) is 36.4 Å². The second-order valence-corrected chi connectivity index (χ2v) is 7.38. The molecule has 0 bridgehead atoms. The molecule has 2 aromatic rings. The van der Waals surface area contributed by atoms with Gasteiger partial charge in [-0.2, -0.15) is 0 Å². The van der Waals surface area contributed by atoms with Crippen LogP contribution in [-0.4, -0.2) is 29.4 Å². The summed E-state index contributed by atoms with van der Waals surface area (Å²) < 4.78 is 0. The number of benzene rings is 1. The predicted molar refractivity (Wildman–Crippen MR) is 99.4 cm³/mol. The molecule has 1 atom stereocenters. The number of hydrogen-bond acceptors (Lipinski definition) is 4. The minimum absolute atomic E-state index is 0.0568. The molecule has 0 aliphatic carbocycles. The van der Waals surface area contributed by atoms with Crippen molar-refractivity contribution in [1.82, 2.24) is 5.32 Å². The zero-order chi connectivity index (χ0) is 18.7. The Hall–Kier alpha value is -2.67. The number of carbonyl (C=O) groups excluding carboxylic acids is 2. The van der Waals surface area contributed by atoms with E-state index in [1.165, 1.54) is 11.6 Å². The second-order valence-electron chi connectivity index (χ2n) is 6.21. The number of nitrogens with zero attached hydrogens (tertiary/aromatic N) is 1. The van der Waals surface area contributed by atoms with Gasteiger partial charge in [0, 0.05) is 23.5 Å². The minimum Gasteiger partial charge on any atom is -0.477 e. The summed E-state index contributed by atoms with van der Waals surface area (Å²) >= 11 is 1.14. The topological polar surface area (TPSA) is 86.7 Å². The summed E-state index contributed by atoms with van der Waals surface area (Å²) in [5.41, 5.74) is 2.01. The molecule has 1 aliphatic rings. The van der Waals surface area contributed by atoms with Crippen molar-refractivity contribution in [2.24, 2.45) is 5.92 Å². The minimum atomic E-state index is -0.973. The van der Waals surface area contributed by atoms with Gasteiger partial charge in [-0.15, -0.1) is 11.3 Å². The first-order valence-electron chi connectivity index (χ1n) is 8.47. The zero-order valence-corrected chi connectivity index (χ0v) is 15.2. The molecular weight excluding hydrogens is 352 g/mol. The smallest absolute Gasteiger partial charge is 0.345 e. The van der Waals surface area contributed by atoms with Gasteiger partial charge in [-0.3, -0.25) is 9.59 Å². The van der Waals surface area contributed by atoms with Crippen molar-refractivity contribution < 1.29 is 19.5 Å². The highest BCUT2D eigenvalue weighted by atomic mass is 32.1. The fourth-order valence-electron chi connectivity index (χ4n) is 2.95. The van der Waals surface area contributed by atoms with E-state index in [1.807, 2.05) is 24.3 Å². The summed E-state index contributed by atoms with van der Waals surface area (Å²) in [6, 6.07) is 11.0. The molecule has 2 heterocycles. The van der Waals surface area contributed by atoms with E-state index >= 15 is 0 Å². The Kier molecular flexibility index (Phi) is 5.37. The largest absolute Gasteiger partial charge is 0.477 e. The van der Waals surface area contributed by atoms with Crippen LogP contribution in [0.5, 0.6) is 0 Å². The standard InChI is InChI=1S/C19H20N2O4S/c1-2-12-3-5-14(6-4-12)21-11-13(9-17(21)22)18(23)20-10-15-7-8-16(26-15)19(24)25/h3-8,13H,2,9-11H2,1H3,(H,20,23)(H,24,25). The molecule has 26 heavy (non-hydrogen) atoms. The maximum atomic E-state index is 12.4. The lowest BCUT2D eigenvalue weighted by Crippen LogP contribution is -2.32. The van der Waals surface area contributed by atoms with E-state index in [9.17, 15) is 14.4 Å². The van der Waals surface area contributed by atoms with E-state index in [0.29, 0.717) is 6.54 Å². The van der Waals surface area contributed by atoms with Crippen LogP contribution in [0.25, 0.3) is 0 Å². The lowest BCUT2D eigenvalue weighted by atomic mass is 10.1. The van der Waals surface area contributed by atoms with Gasteiger partial charge in [-0.05, 0) is 36.2 Å². The molecule has 2 amide bonds. The van der Waals surface area contributed by atoms with Gasteiger partial charge < -0.3 is 15.3 Å². The van der Waals surface area contributed by atoms with Crippen molar-refractivity contribution in [2.45, 2.75) is 26.3 Å². The molecule has 7 heteroatoms. The van der Waals surface area contributed by atoms with Crippen molar-refractivity contribution in [2.75, 3.05) is 11.4 Å². The molecular formula is C19H20N2O4S. The van der Waals surface area contributed by atoms with Crippen molar-refractivity contribution in [3.63, 3.8) is 0 Å². The molecule has 1 aromatic carbocycles. The average Bonchev–Trinajstić information content (AvgIpc) is 3.27. The lowest BCUT2D eigenvalue weighted by Gasteiger charge is -2.17. The third-order valence-electron chi connectivity index (χ3n) is 4.46. The zero-order valence-electron chi connectivity index (χ0n) is 14.4. The molecule has 1 aromatic heterocycles. The van der Waals surface area contributed by atoms with Gasteiger partial charge in [0.2, 0.25) is 11.8 Å². The molecule has 1 fully saturated rings. The summed E-state index contributed by atoms with van der Waals surface area (Å²) in [5, 5.41) is 11.7. The maximum Gasteiger partial charge on any atom is 0.345 e. The Labute approximate surface area is 155 Å². The van der Waals surface area contributed by atoms with Gasteiger partial charge in [0.15, 0.2) is 0 Å². The first kappa shape index (κ1) is 18.1. The quantitative estimate of drug-likeness (QED) is 0.816. The summed E-state index contributed by atoms with van der Waals surface area (Å²) in [7, 11) is 0. The number of anilines is 1. The van der Waals surface area contributed by atoms with E-state index in [1.54, 1.807) is 11.0 Å². The normalized spacial score (nSPS) is 16.7. The molecule has 3 rings (SSSR count). The van der Waals surface area contributed by atoms with E-state index in [-0.39, 0.29) is 29.7 Å². The first-order chi connectivity index (χ1) is 12.5. The number of carbonyl (C=O) groups is 3. The number of nitrogens with one attached hydrogen (secondary N) is 1. The number of thiophene rings is 1. The van der Waals surface area contributed by atoms with Crippen molar-refractivity contribution in [3.8, 4) is 0 Å². The molecule has 1 unspecified atom stereocenters. The Morgan fingerprint density at radius 3 is 2.58 bits per heavy atom. The number of aromatic carboxylic acids is 1. The molecule has 0 radical (unpaired) electrons. The molecule has 1 saturated heterocycles. The van der Waals surface area contributed by atoms with E-state index in [2.05, 4.69) is 12.2 Å². The summed E-state index contributed by atoms with van der Waals surface area (Å²) in [4.78, 5) is 38.2. The van der Waals surface area contributed by atoms with Gasteiger partial charge in [-0.25, -0.2) is 4.79 Å². The van der Waals surface area contributed by atoms with Crippen LogP contribution in [0.1, 0.15) is 33.5 Å². The van der Waals surface area contributed by atoms with Crippen LogP contribution in [0, 0.1) is 5.92 Å². The number of aryl methyl sites for hydroxylation is 1. The first-order valence-corrected chi connectivity index (χ1v) is 9.28. The number of carboxylic acid groups (broad SMARTS) is 1. The highest BCUT2D eigenvalue weighted by molar-refractivity contribution is 7.13. The second kappa shape index (κ2) is 7.70. The summed E-state index contributed by atoms with van der Waals surface area (Å²) in [5.74, 6) is -1.61. The van der Waals surface area contributed by atoms with Crippen LogP contribution in [0.3, 0.4) is 0 Å². The van der Waals surface area contributed by atoms with Gasteiger partial charge in [0.05, 0.1) is 12.5 Å². The average molecular weight is 372 g/mol. The highest BCUT2D eigenvalue weighted by Gasteiger charge is 2.35. The number of hydrogen-bond donors (Lipinski definition) is 2. The van der Waals surface area contributed by atoms with Crippen molar-refractivity contribution in [3.05, 3.63) is 51.7 Å². The van der Waals surface area contributed by atoms with E-state index in [4.69, 9.17) is 5.11 Å². The molecule has 0 saturated carbocycles. The van der Waals surface area contributed by atoms with E-state index in [0.717, 1.165) is 28.3 Å². The van der Waals surface area contributed by atoms with Crippen molar-refractivity contribution >= 4 is 34.8 Å². The van der Waals surface area contributed by atoms with Crippen LogP contribution < -0.4 is 10.2 Å².